The molecule has 132 valence electrons. The van der Waals surface area contributed by atoms with Gasteiger partial charge in [-0.15, -0.1) is 0 Å². The van der Waals surface area contributed by atoms with Crippen LogP contribution in [0.2, 0.25) is 0 Å². The van der Waals surface area contributed by atoms with E-state index in [-0.39, 0.29) is 0 Å². The molecule has 0 spiro atoms. The van der Waals surface area contributed by atoms with Crippen molar-refractivity contribution in [2.45, 2.75) is 6.18 Å². The van der Waals surface area contributed by atoms with Crippen LogP contribution in [0.25, 0.3) is 11.3 Å². The average Bonchev–Trinajstić information content (AvgIpc) is 2.61. The smallest absolute Gasteiger partial charge is 0.416 e. The number of alkyl halides is 3. The maximum absolute atomic E-state index is 12.8. The lowest BCUT2D eigenvalue weighted by molar-refractivity contribution is -0.265. The number of benzene rings is 1. The van der Waals surface area contributed by atoms with Crippen molar-refractivity contribution in [1.29, 1.82) is 0 Å². The zero-order valence-electron chi connectivity index (χ0n) is 13.2. The van der Waals surface area contributed by atoms with Gasteiger partial charge in [-0.3, -0.25) is 4.98 Å². The van der Waals surface area contributed by atoms with Crippen LogP contribution in [0.5, 0.6) is 0 Å². The van der Waals surface area contributed by atoms with Gasteiger partial charge in [0.2, 0.25) is 0 Å². The molecule has 0 atom stereocenters. The summed E-state index contributed by atoms with van der Waals surface area (Å²) >= 11 is 0. The Kier molecular flexibility index (Phi) is 4.52. The average molecular weight is 350 g/mol. The quantitative estimate of drug-likeness (QED) is 0.833. The van der Waals surface area contributed by atoms with Gasteiger partial charge in [0.1, 0.15) is 6.09 Å². The molecular formula is C17H15F3N3O2-. The first-order chi connectivity index (χ1) is 11.8. The van der Waals surface area contributed by atoms with Crippen molar-refractivity contribution in [3.63, 3.8) is 0 Å². The summed E-state index contributed by atoms with van der Waals surface area (Å²) < 4.78 is 38.4. The molecule has 8 heteroatoms. The molecule has 1 fully saturated rings. The van der Waals surface area contributed by atoms with Gasteiger partial charge >= 0.3 is 6.18 Å². The molecule has 3 rings (SSSR count). The summed E-state index contributed by atoms with van der Waals surface area (Å²) in [6.45, 7) is 1.71. The number of carboxylic acid groups (broad SMARTS) is 1. The van der Waals surface area contributed by atoms with E-state index in [0.29, 0.717) is 37.4 Å². The number of carbonyl (C=O) groups is 1. The monoisotopic (exact) mass is 350 g/mol. The molecule has 0 N–H and O–H groups in total. The van der Waals surface area contributed by atoms with E-state index < -0.39 is 17.8 Å². The maximum atomic E-state index is 12.8. The first-order valence-electron chi connectivity index (χ1n) is 7.69. The molecule has 0 radical (unpaired) electrons. The van der Waals surface area contributed by atoms with Gasteiger partial charge in [0.25, 0.3) is 0 Å². The molecule has 0 aliphatic carbocycles. The van der Waals surface area contributed by atoms with E-state index in [9.17, 15) is 23.1 Å². The number of hydrogen-bond donors (Lipinski definition) is 0. The number of amides is 1. The molecule has 2 aromatic rings. The summed E-state index contributed by atoms with van der Waals surface area (Å²) in [5.41, 5.74) is 0.925. The largest absolute Gasteiger partial charge is 0.530 e. The van der Waals surface area contributed by atoms with Gasteiger partial charge < -0.3 is 19.7 Å². The second-order valence-corrected chi connectivity index (χ2v) is 5.72. The number of aromatic nitrogens is 1. The Balaban J connectivity index is 1.74. The van der Waals surface area contributed by atoms with E-state index >= 15 is 0 Å². The van der Waals surface area contributed by atoms with Crippen LogP contribution in [0.4, 0.5) is 23.7 Å². The maximum Gasteiger partial charge on any atom is 0.416 e. The normalized spacial score (nSPS) is 15.3. The molecule has 1 aromatic carbocycles. The third-order valence-corrected chi connectivity index (χ3v) is 4.14. The zero-order valence-corrected chi connectivity index (χ0v) is 13.2. The molecule has 1 aliphatic rings. The third kappa shape index (κ3) is 3.84. The second kappa shape index (κ2) is 6.62. The molecule has 0 bridgehead atoms. The Morgan fingerprint density at radius 1 is 1.08 bits per heavy atom. The minimum absolute atomic E-state index is 0.345. The summed E-state index contributed by atoms with van der Waals surface area (Å²) in [5, 5.41) is 10.8. The van der Waals surface area contributed by atoms with Crippen molar-refractivity contribution in [3.05, 3.63) is 48.2 Å². The van der Waals surface area contributed by atoms with Crippen LogP contribution in [0.1, 0.15) is 5.56 Å². The minimum atomic E-state index is -4.39. The van der Waals surface area contributed by atoms with Gasteiger partial charge in [-0.2, -0.15) is 13.2 Å². The van der Waals surface area contributed by atoms with Gasteiger partial charge in [0, 0.05) is 31.7 Å². The number of nitrogens with zero attached hydrogens (tertiary/aromatic N) is 3. The van der Waals surface area contributed by atoms with Crippen molar-refractivity contribution in [1.82, 2.24) is 9.88 Å². The van der Waals surface area contributed by atoms with E-state index in [0.717, 1.165) is 17.8 Å². The predicted octanol–water partition coefficient (Wildman–Crippen LogP) is 2.23. The van der Waals surface area contributed by atoms with Crippen LogP contribution in [-0.4, -0.2) is 42.2 Å². The molecular weight excluding hydrogens is 335 g/mol. The SMILES string of the molecule is O=C([O-])N1CCN(c2ccc(-c3cccc(C(F)(F)F)c3)nc2)CC1. The number of piperazine rings is 1. The van der Waals surface area contributed by atoms with Crippen LogP contribution in [0, 0.1) is 0 Å². The third-order valence-electron chi connectivity index (χ3n) is 4.14. The fraction of sp³-hybridized carbons (Fsp3) is 0.294. The second-order valence-electron chi connectivity index (χ2n) is 5.72. The van der Waals surface area contributed by atoms with E-state index in [1.807, 2.05) is 4.90 Å². The standard InChI is InChI=1S/C17H16F3N3O2/c18-17(19,20)13-3-1-2-12(10-13)15-5-4-14(11-21-15)22-6-8-23(9-7-22)16(24)25/h1-5,10-11H,6-9H2,(H,24,25)/p-1. The van der Waals surface area contributed by atoms with Gasteiger partial charge in [-0.05, 0) is 24.3 Å². The van der Waals surface area contributed by atoms with Crippen molar-refractivity contribution in [2.75, 3.05) is 31.1 Å². The topological polar surface area (TPSA) is 59.5 Å². The van der Waals surface area contributed by atoms with Crippen LogP contribution >= 0.6 is 0 Å². The van der Waals surface area contributed by atoms with E-state index in [1.165, 1.54) is 11.0 Å². The van der Waals surface area contributed by atoms with E-state index in [1.54, 1.807) is 24.4 Å². The van der Waals surface area contributed by atoms with Gasteiger partial charge in [-0.1, -0.05) is 12.1 Å². The fourth-order valence-corrected chi connectivity index (χ4v) is 2.75. The molecule has 1 aliphatic heterocycles. The number of pyridine rings is 1. The Morgan fingerprint density at radius 2 is 1.80 bits per heavy atom. The van der Waals surface area contributed by atoms with Crippen LogP contribution in [0.3, 0.4) is 0 Å². The molecule has 1 saturated heterocycles. The lowest BCUT2D eigenvalue weighted by atomic mass is 10.1. The van der Waals surface area contributed by atoms with Gasteiger partial charge in [0.15, 0.2) is 0 Å². The van der Waals surface area contributed by atoms with Crippen molar-refractivity contribution in [2.24, 2.45) is 0 Å². The molecule has 0 saturated carbocycles. The molecule has 0 unspecified atom stereocenters. The summed E-state index contributed by atoms with van der Waals surface area (Å²) in [6, 6.07) is 8.46. The number of anilines is 1. The summed E-state index contributed by atoms with van der Waals surface area (Å²) in [6.07, 6.45) is -3.99. The Bertz CT molecular complexity index is 754. The number of halogens is 3. The van der Waals surface area contributed by atoms with Gasteiger partial charge in [0.05, 0.1) is 23.1 Å². The molecule has 1 aromatic heterocycles. The van der Waals surface area contributed by atoms with Crippen LogP contribution in [0.15, 0.2) is 42.6 Å². The number of carbonyl (C=O) groups excluding carboxylic acids is 1. The molecule has 2 heterocycles. The fourth-order valence-electron chi connectivity index (χ4n) is 2.75. The van der Waals surface area contributed by atoms with Crippen molar-refractivity contribution < 1.29 is 23.1 Å². The first-order valence-corrected chi connectivity index (χ1v) is 7.69. The number of hydrogen-bond acceptors (Lipinski definition) is 4. The Hall–Kier alpha value is -2.77. The van der Waals surface area contributed by atoms with E-state index in [2.05, 4.69) is 4.98 Å². The lowest BCUT2D eigenvalue weighted by Crippen LogP contribution is -2.52. The van der Waals surface area contributed by atoms with Gasteiger partial charge in [-0.25, -0.2) is 0 Å². The predicted molar refractivity (Wildman–Crippen MR) is 83.9 cm³/mol. The Labute approximate surface area is 142 Å². The first kappa shape index (κ1) is 17.1. The van der Waals surface area contributed by atoms with E-state index in [4.69, 9.17) is 0 Å². The summed E-state index contributed by atoms with van der Waals surface area (Å²) in [7, 11) is 0. The Morgan fingerprint density at radius 3 is 2.36 bits per heavy atom. The van der Waals surface area contributed by atoms with Crippen LogP contribution in [-0.2, 0) is 6.18 Å². The molecule has 25 heavy (non-hydrogen) atoms. The summed E-state index contributed by atoms with van der Waals surface area (Å²) in [4.78, 5) is 18.3. The number of rotatable bonds is 2. The summed E-state index contributed by atoms with van der Waals surface area (Å²) in [5.74, 6) is 0. The van der Waals surface area contributed by atoms with Crippen LogP contribution < -0.4 is 10.0 Å². The molecule has 1 amide bonds. The highest BCUT2D eigenvalue weighted by Crippen LogP contribution is 2.32. The van der Waals surface area contributed by atoms with Crippen molar-refractivity contribution in [3.8, 4) is 11.3 Å². The highest BCUT2D eigenvalue weighted by Gasteiger charge is 2.30. The molecule has 5 nitrogen and oxygen atoms in total. The zero-order chi connectivity index (χ0) is 18.0. The van der Waals surface area contributed by atoms with Crippen molar-refractivity contribution >= 4 is 11.8 Å². The highest BCUT2D eigenvalue weighted by molar-refractivity contribution is 5.64. The lowest BCUT2D eigenvalue weighted by Gasteiger charge is -2.37. The minimum Gasteiger partial charge on any atom is -0.530 e. The highest BCUT2D eigenvalue weighted by atomic mass is 19.4.